The van der Waals surface area contributed by atoms with Gasteiger partial charge < -0.3 is 9.84 Å². The molecule has 96 valence electrons. The topological polar surface area (TPSA) is 42.4 Å². The molecule has 1 aliphatic rings. The Balaban J connectivity index is 2.32. The summed E-state index contributed by atoms with van der Waals surface area (Å²) in [6.45, 7) is 3.73. The lowest BCUT2D eigenvalue weighted by Crippen LogP contribution is -2.28. The molecule has 0 saturated carbocycles. The third kappa shape index (κ3) is 1.87. The van der Waals surface area contributed by atoms with Crippen molar-refractivity contribution in [2.24, 2.45) is 0 Å². The van der Waals surface area contributed by atoms with E-state index in [4.69, 9.17) is 16.3 Å². The predicted molar refractivity (Wildman–Crippen MR) is 76.7 cm³/mol. The molecular weight excluding hydrogens is 330 g/mol. The summed E-state index contributed by atoms with van der Waals surface area (Å²) in [4.78, 5) is 3.97. The first-order valence-corrected chi connectivity index (χ1v) is 6.71. The number of benzene rings is 1. The predicted octanol–water partition coefficient (Wildman–Crippen LogP) is 4.03. The number of fused-ring (bicyclic) bond motifs is 2. The zero-order valence-corrected chi connectivity index (χ0v) is 12.1. The highest BCUT2D eigenvalue weighted by molar-refractivity contribution is 9.10. The van der Waals surface area contributed by atoms with Crippen molar-refractivity contribution in [2.45, 2.75) is 5.60 Å². The van der Waals surface area contributed by atoms with E-state index < -0.39 is 5.60 Å². The van der Waals surface area contributed by atoms with Crippen LogP contribution in [-0.2, 0) is 5.60 Å². The van der Waals surface area contributed by atoms with E-state index in [9.17, 15) is 5.11 Å². The number of halogens is 2. The third-order valence-electron chi connectivity index (χ3n) is 3.11. The molecule has 2 aromatic rings. The van der Waals surface area contributed by atoms with Crippen LogP contribution in [-0.4, -0.2) is 10.1 Å². The number of hydrogen-bond acceptors (Lipinski definition) is 3. The fraction of sp³-hybridized carbons (Fsp3) is 0.0714. The van der Waals surface area contributed by atoms with Gasteiger partial charge in [-0.3, -0.25) is 0 Å². The molecule has 0 saturated heterocycles. The number of hydrogen-bond donors (Lipinski definition) is 1. The Kier molecular flexibility index (Phi) is 2.89. The maximum Gasteiger partial charge on any atom is 0.152 e. The van der Waals surface area contributed by atoms with Crippen LogP contribution >= 0.6 is 27.5 Å². The van der Waals surface area contributed by atoms with Gasteiger partial charge in [-0.25, -0.2) is 4.98 Å². The lowest BCUT2D eigenvalue weighted by Gasteiger charge is -2.33. The van der Waals surface area contributed by atoms with Gasteiger partial charge in [0.2, 0.25) is 0 Å². The van der Waals surface area contributed by atoms with Crippen LogP contribution in [0.5, 0.6) is 11.5 Å². The molecule has 1 aliphatic heterocycles. The second kappa shape index (κ2) is 4.34. The Morgan fingerprint density at radius 2 is 2.05 bits per heavy atom. The minimum Gasteiger partial charge on any atom is -0.455 e. The van der Waals surface area contributed by atoms with Crippen LogP contribution in [0.2, 0.25) is 5.15 Å². The molecule has 0 aliphatic carbocycles. The Morgan fingerprint density at radius 3 is 2.79 bits per heavy atom. The van der Waals surface area contributed by atoms with Crippen molar-refractivity contribution >= 4 is 27.5 Å². The SMILES string of the molecule is C=CC1(O)c2cc(Br)ccc2Oc2cnc(Cl)cc21. The summed E-state index contributed by atoms with van der Waals surface area (Å²) in [7, 11) is 0. The molecule has 1 aromatic heterocycles. The normalized spacial score (nSPS) is 20.2. The summed E-state index contributed by atoms with van der Waals surface area (Å²) < 4.78 is 6.58. The van der Waals surface area contributed by atoms with Crippen LogP contribution in [0.4, 0.5) is 0 Å². The summed E-state index contributed by atoms with van der Waals surface area (Å²) in [5.41, 5.74) is -0.195. The van der Waals surface area contributed by atoms with Crippen LogP contribution in [0.25, 0.3) is 0 Å². The van der Waals surface area contributed by atoms with Crippen LogP contribution in [0.15, 0.2) is 47.6 Å². The molecule has 0 spiro atoms. The van der Waals surface area contributed by atoms with Gasteiger partial charge in [0, 0.05) is 15.6 Å². The average molecular weight is 339 g/mol. The molecule has 0 amide bonds. The zero-order valence-electron chi connectivity index (χ0n) is 9.73. The van der Waals surface area contributed by atoms with E-state index in [0.717, 1.165) is 4.47 Å². The van der Waals surface area contributed by atoms with Crippen molar-refractivity contribution in [3.8, 4) is 11.5 Å². The number of aromatic nitrogens is 1. The Bertz CT molecular complexity index is 636. The van der Waals surface area contributed by atoms with Gasteiger partial charge in [-0.05, 0) is 24.3 Å². The van der Waals surface area contributed by atoms with Crippen molar-refractivity contribution in [1.29, 1.82) is 0 Å². The fourth-order valence-corrected chi connectivity index (χ4v) is 2.69. The van der Waals surface area contributed by atoms with E-state index in [1.165, 1.54) is 12.3 Å². The van der Waals surface area contributed by atoms with Crippen molar-refractivity contribution in [3.63, 3.8) is 0 Å². The summed E-state index contributed by atoms with van der Waals surface area (Å²) in [6.07, 6.45) is 2.97. The number of rotatable bonds is 1. The minimum absolute atomic E-state index is 0.293. The Labute approximate surface area is 123 Å². The highest BCUT2D eigenvalue weighted by atomic mass is 79.9. The Hall–Kier alpha value is -1.36. The van der Waals surface area contributed by atoms with Gasteiger partial charge >= 0.3 is 0 Å². The second-order valence-corrected chi connectivity index (χ2v) is 5.52. The summed E-state index contributed by atoms with van der Waals surface area (Å²) in [6, 6.07) is 7.01. The molecule has 0 fully saturated rings. The maximum absolute atomic E-state index is 10.9. The molecule has 19 heavy (non-hydrogen) atoms. The molecule has 1 atom stereocenters. The number of ether oxygens (including phenoxy) is 1. The lowest BCUT2D eigenvalue weighted by atomic mass is 9.84. The van der Waals surface area contributed by atoms with E-state index in [1.807, 2.05) is 6.07 Å². The van der Waals surface area contributed by atoms with Gasteiger partial charge in [0.1, 0.15) is 16.5 Å². The first-order valence-electron chi connectivity index (χ1n) is 5.54. The summed E-state index contributed by atoms with van der Waals surface area (Å²) in [5.74, 6) is 1.05. The zero-order chi connectivity index (χ0) is 13.6. The molecule has 3 nitrogen and oxygen atoms in total. The van der Waals surface area contributed by atoms with E-state index >= 15 is 0 Å². The van der Waals surface area contributed by atoms with E-state index in [0.29, 0.717) is 27.8 Å². The minimum atomic E-state index is -1.35. The monoisotopic (exact) mass is 337 g/mol. The molecule has 3 rings (SSSR count). The van der Waals surface area contributed by atoms with Crippen molar-refractivity contribution in [1.82, 2.24) is 4.98 Å². The molecule has 0 bridgehead atoms. The van der Waals surface area contributed by atoms with Gasteiger partial charge in [0.25, 0.3) is 0 Å². The smallest absolute Gasteiger partial charge is 0.152 e. The van der Waals surface area contributed by atoms with Crippen LogP contribution in [0.3, 0.4) is 0 Å². The fourth-order valence-electron chi connectivity index (χ4n) is 2.17. The molecule has 5 heteroatoms. The molecule has 0 radical (unpaired) electrons. The van der Waals surface area contributed by atoms with Gasteiger partial charge in [0.15, 0.2) is 5.75 Å². The van der Waals surface area contributed by atoms with E-state index in [-0.39, 0.29) is 0 Å². The second-order valence-electron chi connectivity index (χ2n) is 4.22. The number of pyridine rings is 1. The van der Waals surface area contributed by atoms with Gasteiger partial charge in [-0.15, -0.1) is 0 Å². The maximum atomic E-state index is 10.9. The van der Waals surface area contributed by atoms with E-state index in [1.54, 1.807) is 18.2 Å². The average Bonchev–Trinajstić information content (AvgIpc) is 2.41. The molecule has 1 N–H and O–H groups in total. The first kappa shape index (κ1) is 12.7. The van der Waals surface area contributed by atoms with Crippen LogP contribution in [0.1, 0.15) is 11.1 Å². The van der Waals surface area contributed by atoms with Crippen LogP contribution < -0.4 is 4.74 Å². The van der Waals surface area contributed by atoms with Crippen LogP contribution in [0, 0.1) is 0 Å². The largest absolute Gasteiger partial charge is 0.455 e. The highest BCUT2D eigenvalue weighted by Crippen LogP contribution is 2.48. The number of aliphatic hydroxyl groups is 1. The number of nitrogens with zero attached hydrogens (tertiary/aromatic N) is 1. The lowest BCUT2D eigenvalue weighted by molar-refractivity contribution is 0.121. The summed E-state index contributed by atoms with van der Waals surface area (Å²) >= 11 is 9.28. The van der Waals surface area contributed by atoms with Gasteiger partial charge in [-0.2, -0.15) is 0 Å². The molecule has 2 heterocycles. The summed E-state index contributed by atoms with van der Waals surface area (Å²) in [5, 5.41) is 11.2. The highest BCUT2D eigenvalue weighted by Gasteiger charge is 2.38. The third-order valence-corrected chi connectivity index (χ3v) is 3.81. The molecule has 1 aromatic carbocycles. The Morgan fingerprint density at radius 1 is 1.32 bits per heavy atom. The van der Waals surface area contributed by atoms with Crippen molar-refractivity contribution in [2.75, 3.05) is 0 Å². The molecular formula is C14H9BrClNO2. The standard InChI is InChI=1S/C14H9BrClNO2/c1-2-14(18)9-5-8(15)3-4-11(9)19-12-7-17-13(16)6-10(12)14/h2-7,18H,1H2. The van der Waals surface area contributed by atoms with Gasteiger partial charge in [0.05, 0.1) is 6.20 Å². The van der Waals surface area contributed by atoms with Crippen molar-refractivity contribution < 1.29 is 9.84 Å². The van der Waals surface area contributed by atoms with E-state index in [2.05, 4.69) is 27.5 Å². The first-order chi connectivity index (χ1) is 9.04. The van der Waals surface area contributed by atoms with Gasteiger partial charge in [-0.1, -0.05) is 40.2 Å². The van der Waals surface area contributed by atoms with Crippen molar-refractivity contribution in [3.05, 3.63) is 63.9 Å². The quantitative estimate of drug-likeness (QED) is 0.630. The molecule has 1 unspecified atom stereocenters.